The zero-order valence-electron chi connectivity index (χ0n) is 7.26. The molecule has 3 nitrogen and oxygen atoms in total. The molecule has 0 saturated heterocycles. The molecule has 0 bridgehead atoms. The molecule has 0 radical (unpaired) electrons. The molecule has 0 aliphatic carbocycles. The van der Waals surface area contributed by atoms with Gasteiger partial charge < -0.3 is 10.6 Å². The van der Waals surface area contributed by atoms with Gasteiger partial charge in [-0.3, -0.25) is 4.79 Å². The van der Waals surface area contributed by atoms with Gasteiger partial charge in [-0.25, -0.2) is 0 Å². The number of hydrogen-bond acceptors (Lipinski definition) is 2. The number of carbonyl (C=O) groups excluding carboxylic acids is 1. The lowest BCUT2D eigenvalue weighted by Gasteiger charge is -2.15. The monoisotopic (exact) mass is 156 g/mol. The first-order valence-electron chi connectivity index (χ1n) is 3.76. The molecule has 0 aliphatic rings. The Bertz CT molecular complexity index is 154. The fourth-order valence-corrected chi connectivity index (χ4v) is 0.695. The topological polar surface area (TPSA) is 46.3 Å². The average Bonchev–Trinajstić information content (AvgIpc) is 2.02. The Balaban J connectivity index is 3.92. The molecule has 0 aliphatic heterocycles. The van der Waals surface area contributed by atoms with Crippen LogP contribution in [0.15, 0.2) is 12.2 Å². The van der Waals surface area contributed by atoms with Crippen LogP contribution < -0.4 is 5.73 Å². The number of hydrogen-bond donors (Lipinski definition) is 1. The standard InChI is InChI=1S/C8H16N2O/c1-4-10(3)8(11)7(2)5-6-9/h2,4-6,9H2,1,3H3. The van der Waals surface area contributed by atoms with Crippen LogP contribution in [0.3, 0.4) is 0 Å². The minimum absolute atomic E-state index is 0.00190. The van der Waals surface area contributed by atoms with Crippen LogP contribution in [0.1, 0.15) is 13.3 Å². The first-order valence-corrected chi connectivity index (χ1v) is 3.76. The molecule has 0 unspecified atom stereocenters. The van der Waals surface area contributed by atoms with Gasteiger partial charge in [0.25, 0.3) is 0 Å². The Morgan fingerprint density at radius 3 is 2.55 bits per heavy atom. The smallest absolute Gasteiger partial charge is 0.248 e. The van der Waals surface area contributed by atoms with Crippen LogP contribution in [0.2, 0.25) is 0 Å². The molecule has 11 heavy (non-hydrogen) atoms. The van der Waals surface area contributed by atoms with Gasteiger partial charge in [-0.1, -0.05) is 6.58 Å². The number of nitrogens with two attached hydrogens (primary N) is 1. The summed E-state index contributed by atoms with van der Waals surface area (Å²) in [5.74, 6) is -0.00190. The van der Waals surface area contributed by atoms with Crippen molar-refractivity contribution in [3.8, 4) is 0 Å². The highest BCUT2D eigenvalue weighted by Crippen LogP contribution is 2.00. The second-order valence-corrected chi connectivity index (χ2v) is 2.46. The van der Waals surface area contributed by atoms with Gasteiger partial charge in [0.2, 0.25) is 5.91 Å². The van der Waals surface area contributed by atoms with Gasteiger partial charge in [-0.2, -0.15) is 0 Å². The van der Waals surface area contributed by atoms with Gasteiger partial charge in [0.1, 0.15) is 0 Å². The van der Waals surface area contributed by atoms with Crippen molar-refractivity contribution in [2.75, 3.05) is 20.1 Å². The maximum Gasteiger partial charge on any atom is 0.248 e. The molecule has 0 heterocycles. The quantitative estimate of drug-likeness (QED) is 0.598. The van der Waals surface area contributed by atoms with Crippen LogP contribution in [0.5, 0.6) is 0 Å². The molecule has 1 amide bonds. The molecule has 0 saturated carbocycles. The summed E-state index contributed by atoms with van der Waals surface area (Å²) in [5.41, 5.74) is 5.87. The van der Waals surface area contributed by atoms with Crippen LogP contribution in [0, 0.1) is 0 Å². The third-order valence-corrected chi connectivity index (χ3v) is 1.57. The third-order valence-electron chi connectivity index (χ3n) is 1.57. The summed E-state index contributed by atoms with van der Waals surface area (Å²) < 4.78 is 0. The van der Waals surface area contributed by atoms with E-state index in [1.54, 1.807) is 11.9 Å². The van der Waals surface area contributed by atoms with E-state index in [1.807, 2.05) is 6.92 Å². The van der Waals surface area contributed by atoms with E-state index < -0.39 is 0 Å². The summed E-state index contributed by atoms with van der Waals surface area (Å²) >= 11 is 0. The molecule has 64 valence electrons. The number of likely N-dealkylation sites (N-methyl/N-ethyl adjacent to an activating group) is 1. The van der Waals surface area contributed by atoms with Gasteiger partial charge in [-0.05, 0) is 19.9 Å². The van der Waals surface area contributed by atoms with E-state index in [-0.39, 0.29) is 5.91 Å². The van der Waals surface area contributed by atoms with Crippen LogP contribution in [0.25, 0.3) is 0 Å². The van der Waals surface area contributed by atoms with Crippen LogP contribution >= 0.6 is 0 Å². The van der Waals surface area contributed by atoms with Gasteiger partial charge in [-0.15, -0.1) is 0 Å². The molecular weight excluding hydrogens is 140 g/mol. The maximum atomic E-state index is 11.2. The van der Waals surface area contributed by atoms with E-state index in [0.29, 0.717) is 25.1 Å². The molecular formula is C8H16N2O. The second-order valence-electron chi connectivity index (χ2n) is 2.46. The van der Waals surface area contributed by atoms with Crippen molar-refractivity contribution in [2.24, 2.45) is 5.73 Å². The molecule has 0 aromatic rings. The largest absolute Gasteiger partial charge is 0.342 e. The fraction of sp³-hybridized carbons (Fsp3) is 0.625. The molecule has 3 heteroatoms. The third kappa shape index (κ3) is 3.18. The normalized spacial score (nSPS) is 9.36. The first kappa shape index (κ1) is 10.2. The van der Waals surface area contributed by atoms with E-state index >= 15 is 0 Å². The number of amides is 1. The zero-order valence-corrected chi connectivity index (χ0v) is 7.26. The minimum Gasteiger partial charge on any atom is -0.342 e. The Morgan fingerprint density at radius 2 is 2.18 bits per heavy atom. The molecule has 0 spiro atoms. The maximum absolute atomic E-state index is 11.2. The van der Waals surface area contributed by atoms with E-state index in [4.69, 9.17) is 5.73 Å². The van der Waals surface area contributed by atoms with Crippen molar-refractivity contribution in [1.82, 2.24) is 4.90 Å². The van der Waals surface area contributed by atoms with Crippen molar-refractivity contribution in [3.63, 3.8) is 0 Å². The van der Waals surface area contributed by atoms with Crippen molar-refractivity contribution in [3.05, 3.63) is 12.2 Å². The van der Waals surface area contributed by atoms with E-state index in [1.165, 1.54) is 0 Å². The summed E-state index contributed by atoms with van der Waals surface area (Å²) in [6.45, 7) is 6.77. The number of rotatable bonds is 4. The summed E-state index contributed by atoms with van der Waals surface area (Å²) in [5, 5.41) is 0. The van der Waals surface area contributed by atoms with Crippen LogP contribution in [-0.4, -0.2) is 30.9 Å². The second kappa shape index (κ2) is 4.91. The lowest BCUT2D eigenvalue weighted by atomic mass is 10.2. The highest BCUT2D eigenvalue weighted by atomic mass is 16.2. The SMILES string of the molecule is C=C(CCN)C(=O)N(C)CC. The van der Waals surface area contributed by atoms with Crippen molar-refractivity contribution in [1.29, 1.82) is 0 Å². The molecule has 0 atom stereocenters. The van der Waals surface area contributed by atoms with Crippen LogP contribution in [0.4, 0.5) is 0 Å². The van der Waals surface area contributed by atoms with Gasteiger partial charge in [0.05, 0.1) is 0 Å². The summed E-state index contributed by atoms with van der Waals surface area (Å²) in [4.78, 5) is 12.9. The fourth-order valence-electron chi connectivity index (χ4n) is 0.695. The highest BCUT2D eigenvalue weighted by molar-refractivity contribution is 5.92. The predicted molar refractivity (Wildman–Crippen MR) is 46.1 cm³/mol. The Kier molecular flexibility index (Phi) is 4.54. The Labute approximate surface area is 67.9 Å². The van der Waals surface area contributed by atoms with E-state index in [0.717, 1.165) is 0 Å². The molecule has 2 N–H and O–H groups in total. The van der Waals surface area contributed by atoms with Crippen molar-refractivity contribution < 1.29 is 4.79 Å². The van der Waals surface area contributed by atoms with Gasteiger partial charge in [0, 0.05) is 19.2 Å². The summed E-state index contributed by atoms with van der Waals surface area (Å²) in [6, 6.07) is 0. The lowest BCUT2D eigenvalue weighted by Crippen LogP contribution is -2.28. The predicted octanol–water partition coefficient (Wildman–Crippen LogP) is 0.370. The molecule has 0 rings (SSSR count). The number of carbonyl (C=O) groups is 1. The summed E-state index contributed by atoms with van der Waals surface area (Å²) in [7, 11) is 1.75. The van der Waals surface area contributed by atoms with Gasteiger partial charge in [0.15, 0.2) is 0 Å². The molecule has 0 aromatic carbocycles. The van der Waals surface area contributed by atoms with Gasteiger partial charge >= 0.3 is 0 Å². The van der Waals surface area contributed by atoms with E-state index in [9.17, 15) is 4.79 Å². The molecule has 0 aromatic heterocycles. The first-order chi connectivity index (χ1) is 5.13. The minimum atomic E-state index is -0.00190. The zero-order chi connectivity index (χ0) is 8.85. The summed E-state index contributed by atoms with van der Waals surface area (Å²) in [6.07, 6.45) is 0.586. The van der Waals surface area contributed by atoms with Crippen molar-refractivity contribution >= 4 is 5.91 Å². The number of nitrogens with zero attached hydrogens (tertiary/aromatic N) is 1. The Morgan fingerprint density at radius 1 is 1.64 bits per heavy atom. The van der Waals surface area contributed by atoms with Crippen molar-refractivity contribution in [2.45, 2.75) is 13.3 Å². The average molecular weight is 156 g/mol. The highest BCUT2D eigenvalue weighted by Gasteiger charge is 2.09. The van der Waals surface area contributed by atoms with Crippen LogP contribution in [-0.2, 0) is 4.79 Å². The molecule has 0 fully saturated rings. The van der Waals surface area contributed by atoms with E-state index in [2.05, 4.69) is 6.58 Å². The Hall–Kier alpha value is -0.830. The lowest BCUT2D eigenvalue weighted by molar-refractivity contribution is -0.125.